The van der Waals surface area contributed by atoms with Crippen molar-refractivity contribution in [3.63, 3.8) is 0 Å². The highest BCUT2D eigenvalue weighted by atomic mass is 32.2. The number of sulfonamides is 1. The van der Waals surface area contributed by atoms with Crippen LogP contribution >= 0.6 is 0 Å². The second kappa shape index (κ2) is 10.1. The minimum Gasteiger partial charge on any atom is -0.484 e. The number of anilines is 2. The van der Waals surface area contributed by atoms with Crippen molar-refractivity contribution in [1.82, 2.24) is 4.90 Å². The third-order valence-corrected chi connectivity index (χ3v) is 6.99. The van der Waals surface area contributed by atoms with E-state index in [-0.39, 0.29) is 23.2 Å². The van der Waals surface area contributed by atoms with Crippen LogP contribution in [-0.4, -0.2) is 52.0 Å². The van der Waals surface area contributed by atoms with Gasteiger partial charge in [0.15, 0.2) is 6.61 Å². The molecular weight excluding hydrogens is 457 g/mol. The Morgan fingerprint density at radius 3 is 2.35 bits per heavy atom. The van der Waals surface area contributed by atoms with Crippen LogP contribution in [0.3, 0.4) is 0 Å². The minimum atomic E-state index is -3.74. The number of aryl methyl sites for hydroxylation is 1. The zero-order chi connectivity index (χ0) is 24.1. The van der Waals surface area contributed by atoms with E-state index in [4.69, 9.17) is 4.74 Å². The molecule has 0 saturated carbocycles. The lowest BCUT2D eigenvalue weighted by molar-refractivity contribution is -0.133. The van der Waals surface area contributed by atoms with Gasteiger partial charge in [0.1, 0.15) is 11.6 Å². The fourth-order valence-corrected chi connectivity index (χ4v) is 4.83. The van der Waals surface area contributed by atoms with Crippen molar-refractivity contribution in [2.24, 2.45) is 0 Å². The van der Waals surface area contributed by atoms with Crippen molar-refractivity contribution < 1.29 is 22.3 Å². The van der Waals surface area contributed by atoms with Crippen molar-refractivity contribution in [3.8, 4) is 5.75 Å². The van der Waals surface area contributed by atoms with E-state index in [1.807, 2.05) is 17.9 Å². The summed E-state index contributed by atoms with van der Waals surface area (Å²) in [5.74, 6) is -0.0519. The molecule has 1 aliphatic rings. The van der Waals surface area contributed by atoms with Gasteiger partial charge in [-0.1, -0.05) is 24.3 Å². The average molecular weight is 484 g/mol. The Labute approximate surface area is 198 Å². The molecule has 1 fully saturated rings. The van der Waals surface area contributed by atoms with Crippen LogP contribution in [0.25, 0.3) is 0 Å². The van der Waals surface area contributed by atoms with E-state index in [0.29, 0.717) is 43.3 Å². The molecule has 178 valence electrons. The molecule has 0 bridgehead atoms. The molecule has 1 heterocycles. The number of ether oxygens (including phenoxy) is 1. The van der Waals surface area contributed by atoms with E-state index < -0.39 is 10.0 Å². The topological polar surface area (TPSA) is 78.9 Å². The molecule has 0 unspecified atom stereocenters. The Bertz CT molecular complexity index is 1260. The molecule has 1 saturated heterocycles. The zero-order valence-electron chi connectivity index (χ0n) is 18.8. The summed E-state index contributed by atoms with van der Waals surface area (Å²) in [6.45, 7) is 3.73. The molecule has 1 amide bonds. The van der Waals surface area contributed by atoms with Gasteiger partial charge in [-0.3, -0.25) is 9.52 Å². The summed E-state index contributed by atoms with van der Waals surface area (Å²) in [5, 5.41) is 0. The predicted molar refractivity (Wildman–Crippen MR) is 129 cm³/mol. The fraction of sp³-hybridized carbons (Fsp3) is 0.240. The van der Waals surface area contributed by atoms with Gasteiger partial charge in [0.25, 0.3) is 15.9 Å². The molecule has 3 aromatic rings. The Hall–Kier alpha value is -3.59. The van der Waals surface area contributed by atoms with Crippen LogP contribution < -0.4 is 14.4 Å². The van der Waals surface area contributed by atoms with Gasteiger partial charge in [0.2, 0.25) is 0 Å². The summed E-state index contributed by atoms with van der Waals surface area (Å²) in [4.78, 5) is 16.2. The smallest absolute Gasteiger partial charge is 0.261 e. The van der Waals surface area contributed by atoms with Crippen LogP contribution in [0.1, 0.15) is 5.56 Å². The largest absolute Gasteiger partial charge is 0.484 e. The lowest BCUT2D eigenvalue weighted by Gasteiger charge is -2.36. The third kappa shape index (κ3) is 5.66. The van der Waals surface area contributed by atoms with Gasteiger partial charge in [0.05, 0.1) is 10.6 Å². The molecule has 0 atom stereocenters. The van der Waals surface area contributed by atoms with Crippen LogP contribution in [0, 0.1) is 12.7 Å². The van der Waals surface area contributed by atoms with E-state index in [9.17, 15) is 17.6 Å². The number of nitrogens with one attached hydrogen (secondary N) is 1. The highest BCUT2D eigenvalue weighted by molar-refractivity contribution is 7.92. The second-order valence-corrected chi connectivity index (χ2v) is 9.74. The lowest BCUT2D eigenvalue weighted by atomic mass is 10.2. The number of para-hydroxylation sites is 1. The predicted octanol–water partition coefficient (Wildman–Crippen LogP) is 3.66. The first kappa shape index (κ1) is 23.6. The zero-order valence-corrected chi connectivity index (χ0v) is 19.6. The highest BCUT2D eigenvalue weighted by Crippen LogP contribution is 2.22. The van der Waals surface area contributed by atoms with Crippen molar-refractivity contribution in [3.05, 3.63) is 84.2 Å². The molecule has 0 aliphatic carbocycles. The molecule has 0 radical (unpaired) electrons. The van der Waals surface area contributed by atoms with Crippen LogP contribution in [0.2, 0.25) is 0 Å². The summed E-state index contributed by atoms with van der Waals surface area (Å²) in [6, 6.07) is 19.6. The molecule has 7 nitrogen and oxygen atoms in total. The highest BCUT2D eigenvalue weighted by Gasteiger charge is 2.23. The number of hydrogen-bond donors (Lipinski definition) is 1. The molecule has 34 heavy (non-hydrogen) atoms. The van der Waals surface area contributed by atoms with Crippen molar-refractivity contribution in [2.75, 3.05) is 42.4 Å². The average Bonchev–Trinajstić information content (AvgIpc) is 2.83. The van der Waals surface area contributed by atoms with E-state index in [0.717, 1.165) is 5.56 Å². The first-order valence-electron chi connectivity index (χ1n) is 10.9. The van der Waals surface area contributed by atoms with Gasteiger partial charge in [0, 0.05) is 31.9 Å². The quantitative estimate of drug-likeness (QED) is 0.555. The number of benzene rings is 3. The number of rotatable bonds is 7. The molecular formula is C25H26FN3O4S. The lowest BCUT2D eigenvalue weighted by Crippen LogP contribution is -2.50. The maximum atomic E-state index is 14.0. The number of halogens is 1. The van der Waals surface area contributed by atoms with Crippen LogP contribution in [0.4, 0.5) is 15.8 Å². The Kier molecular flexibility index (Phi) is 7.02. The number of carbonyl (C=O) groups is 1. The molecule has 1 N–H and O–H groups in total. The first-order chi connectivity index (χ1) is 16.3. The SMILES string of the molecule is Cc1cccc(NS(=O)(=O)c2ccc(OCC(=O)N3CCN(c4ccccc4F)CC3)cc2)c1. The van der Waals surface area contributed by atoms with Gasteiger partial charge in [-0.2, -0.15) is 0 Å². The van der Waals surface area contributed by atoms with Crippen molar-refractivity contribution in [1.29, 1.82) is 0 Å². The maximum Gasteiger partial charge on any atom is 0.261 e. The van der Waals surface area contributed by atoms with E-state index in [1.165, 1.54) is 30.3 Å². The number of amides is 1. The summed E-state index contributed by atoms with van der Waals surface area (Å²) >= 11 is 0. The summed E-state index contributed by atoms with van der Waals surface area (Å²) < 4.78 is 47.3. The molecule has 0 spiro atoms. The fourth-order valence-electron chi connectivity index (χ4n) is 3.78. The van der Waals surface area contributed by atoms with E-state index in [1.54, 1.807) is 41.3 Å². The number of carbonyl (C=O) groups excluding carboxylic acids is 1. The summed E-state index contributed by atoms with van der Waals surface area (Å²) in [7, 11) is -3.74. The molecule has 0 aromatic heterocycles. The standard InChI is InChI=1S/C25H26FN3O4S/c1-19-5-4-6-20(17-19)27-34(31,32)22-11-9-21(10-12-22)33-18-25(30)29-15-13-28(14-16-29)24-8-3-2-7-23(24)26/h2-12,17,27H,13-16,18H2,1H3. The summed E-state index contributed by atoms with van der Waals surface area (Å²) in [6.07, 6.45) is 0. The number of piperazine rings is 1. The van der Waals surface area contributed by atoms with E-state index in [2.05, 4.69) is 4.72 Å². The van der Waals surface area contributed by atoms with Crippen molar-refractivity contribution in [2.45, 2.75) is 11.8 Å². The summed E-state index contributed by atoms with van der Waals surface area (Å²) in [5.41, 5.74) is 1.97. The Morgan fingerprint density at radius 1 is 0.971 bits per heavy atom. The maximum absolute atomic E-state index is 14.0. The molecule has 1 aliphatic heterocycles. The van der Waals surface area contributed by atoms with Gasteiger partial charge in [-0.25, -0.2) is 12.8 Å². The molecule has 9 heteroatoms. The van der Waals surface area contributed by atoms with Crippen LogP contribution in [0.15, 0.2) is 77.7 Å². The van der Waals surface area contributed by atoms with Gasteiger partial charge >= 0.3 is 0 Å². The number of nitrogens with zero attached hydrogens (tertiary/aromatic N) is 2. The first-order valence-corrected chi connectivity index (χ1v) is 12.4. The van der Waals surface area contributed by atoms with Crippen LogP contribution in [-0.2, 0) is 14.8 Å². The molecule has 4 rings (SSSR count). The minimum absolute atomic E-state index is 0.0944. The molecule has 3 aromatic carbocycles. The van der Waals surface area contributed by atoms with Crippen LogP contribution in [0.5, 0.6) is 5.75 Å². The van der Waals surface area contributed by atoms with Gasteiger partial charge < -0.3 is 14.5 Å². The monoisotopic (exact) mass is 483 g/mol. The normalized spacial score (nSPS) is 14.1. The second-order valence-electron chi connectivity index (χ2n) is 8.05. The Morgan fingerprint density at radius 2 is 1.68 bits per heavy atom. The van der Waals surface area contributed by atoms with Crippen molar-refractivity contribution >= 4 is 27.3 Å². The van der Waals surface area contributed by atoms with Gasteiger partial charge in [-0.15, -0.1) is 0 Å². The Balaban J connectivity index is 1.29. The third-order valence-electron chi connectivity index (χ3n) is 5.59. The van der Waals surface area contributed by atoms with E-state index >= 15 is 0 Å². The number of hydrogen-bond acceptors (Lipinski definition) is 5. The van der Waals surface area contributed by atoms with Gasteiger partial charge in [-0.05, 0) is 61.0 Å².